The van der Waals surface area contributed by atoms with E-state index in [1.54, 1.807) is 6.21 Å². The number of amidine groups is 1. The topological polar surface area (TPSA) is 75.5 Å². The van der Waals surface area contributed by atoms with E-state index in [0.29, 0.717) is 0 Å². The summed E-state index contributed by atoms with van der Waals surface area (Å²) in [7, 11) is -2.84. The van der Waals surface area contributed by atoms with E-state index < -0.39 is 9.84 Å². The third-order valence-corrected chi connectivity index (χ3v) is 6.38. The van der Waals surface area contributed by atoms with Crippen LogP contribution < -0.4 is 22.3 Å². The van der Waals surface area contributed by atoms with Crippen LogP contribution in [0.15, 0.2) is 40.5 Å². The van der Waals surface area contributed by atoms with Crippen molar-refractivity contribution in [3.8, 4) is 0 Å². The monoisotopic (exact) mass is 375 g/mol. The summed E-state index contributed by atoms with van der Waals surface area (Å²) in [5, 5.41) is 11.1. The summed E-state index contributed by atoms with van der Waals surface area (Å²) < 4.78 is 22.9. The second-order valence-corrected chi connectivity index (χ2v) is 8.07. The molecule has 2 fully saturated rings. The lowest BCUT2D eigenvalue weighted by Crippen LogP contribution is -3.00. The molecule has 20 heavy (non-hydrogen) atoms. The number of quaternary nitrogens is 1. The van der Waals surface area contributed by atoms with Crippen molar-refractivity contribution in [3.05, 3.63) is 35.9 Å². The zero-order chi connectivity index (χ0) is 13.3. The highest BCUT2D eigenvalue weighted by Crippen LogP contribution is 2.26. The molecular weight excluding hydrogens is 362 g/mol. The van der Waals surface area contributed by atoms with Crippen LogP contribution in [0.2, 0.25) is 0 Å². The van der Waals surface area contributed by atoms with Crippen molar-refractivity contribution in [1.82, 2.24) is 0 Å². The molecule has 0 aromatic heterocycles. The number of hydrogen-bond donors (Lipinski definition) is 1. The summed E-state index contributed by atoms with van der Waals surface area (Å²) in [6.45, 7) is 0. The largest absolute Gasteiger partial charge is 1.00 e. The Morgan fingerprint density at radius 1 is 1.25 bits per heavy atom. The predicted octanol–water partition coefficient (Wildman–Crippen LogP) is -3.14. The molecule has 2 atom stereocenters. The molecule has 2 N–H and O–H groups in total. The Morgan fingerprint density at radius 2 is 2.00 bits per heavy atom. The van der Waals surface area contributed by atoms with Crippen LogP contribution in [0.5, 0.6) is 0 Å². The van der Waals surface area contributed by atoms with Crippen molar-refractivity contribution < 1.29 is 30.7 Å². The van der Waals surface area contributed by atoms with E-state index in [0.717, 1.165) is 10.7 Å². The Bertz CT molecular complexity index is 609. The zero-order valence-electron chi connectivity index (χ0n) is 10.5. The fourth-order valence-corrected chi connectivity index (χ4v) is 6.07. The molecule has 0 amide bonds. The van der Waals surface area contributed by atoms with Gasteiger partial charge in [0.2, 0.25) is 0 Å². The number of hydrogen-bond acceptors (Lipinski definition) is 5. The standard InChI is InChI=1S/C12H13N3O2S2.BrH/c16-19(17)7-10-11(8-19)18-12(14-10)15-13-6-9-4-2-1-3-5-9;/h1-6,10-11H,7-8H2,(H,14,15);1H/b13-6+;. The summed E-state index contributed by atoms with van der Waals surface area (Å²) in [6, 6.07) is 9.86. The van der Waals surface area contributed by atoms with Gasteiger partial charge in [0.1, 0.15) is 11.8 Å². The van der Waals surface area contributed by atoms with Gasteiger partial charge in [-0.05, 0) is 17.3 Å². The van der Waals surface area contributed by atoms with Gasteiger partial charge in [-0.2, -0.15) is 5.10 Å². The van der Waals surface area contributed by atoms with Crippen molar-refractivity contribution in [2.75, 3.05) is 11.5 Å². The Labute approximate surface area is 132 Å². The SMILES string of the molecule is O=S1(=O)CC2[NH2+]/C(=N/N=C/c3ccccc3)SC2C1.[Br-]. The lowest BCUT2D eigenvalue weighted by molar-refractivity contribution is -0.563. The quantitative estimate of drug-likeness (QED) is 0.438. The summed E-state index contributed by atoms with van der Waals surface area (Å²) in [4.78, 5) is 0. The molecule has 2 heterocycles. The highest BCUT2D eigenvalue weighted by atomic mass is 79.9. The van der Waals surface area contributed by atoms with Crippen LogP contribution in [0.4, 0.5) is 0 Å². The fraction of sp³-hybridized carbons (Fsp3) is 0.333. The lowest BCUT2D eigenvalue weighted by atomic mass is 10.2. The van der Waals surface area contributed by atoms with Crippen molar-refractivity contribution in [2.24, 2.45) is 10.2 Å². The van der Waals surface area contributed by atoms with Crippen LogP contribution >= 0.6 is 11.8 Å². The van der Waals surface area contributed by atoms with Crippen LogP contribution in [-0.4, -0.2) is 42.6 Å². The molecule has 0 saturated carbocycles. The van der Waals surface area contributed by atoms with Gasteiger partial charge in [-0.3, -0.25) is 5.32 Å². The van der Waals surface area contributed by atoms with E-state index >= 15 is 0 Å². The maximum absolute atomic E-state index is 11.4. The van der Waals surface area contributed by atoms with Crippen LogP contribution in [0, 0.1) is 0 Å². The molecule has 2 aliphatic rings. The van der Waals surface area contributed by atoms with Crippen molar-refractivity contribution in [2.45, 2.75) is 11.3 Å². The summed E-state index contributed by atoms with van der Waals surface area (Å²) in [5.74, 6) is 0.520. The Kier molecular flexibility index (Phi) is 5.00. The number of rotatable bonds is 2. The van der Waals surface area contributed by atoms with Gasteiger partial charge in [-0.1, -0.05) is 35.4 Å². The minimum atomic E-state index is -2.84. The van der Waals surface area contributed by atoms with Gasteiger partial charge in [-0.25, -0.2) is 8.42 Å². The molecule has 1 aromatic carbocycles. The van der Waals surface area contributed by atoms with E-state index in [4.69, 9.17) is 0 Å². The smallest absolute Gasteiger partial charge is 0.280 e. The molecule has 5 nitrogen and oxygen atoms in total. The summed E-state index contributed by atoms with van der Waals surface area (Å²) in [6.07, 6.45) is 1.70. The van der Waals surface area contributed by atoms with Gasteiger partial charge in [0.05, 0.1) is 17.2 Å². The molecule has 8 heteroatoms. The minimum absolute atomic E-state index is 0. The van der Waals surface area contributed by atoms with Gasteiger partial charge in [0.15, 0.2) is 9.84 Å². The third-order valence-electron chi connectivity index (χ3n) is 3.13. The Hall–Kier alpha value is -0.700. The van der Waals surface area contributed by atoms with Crippen LogP contribution in [-0.2, 0) is 9.84 Å². The first-order chi connectivity index (χ1) is 9.12. The average Bonchev–Trinajstić information content (AvgIpc) is 2.83. The molecule has 0 aliphatic carbocycles. The van der Waals surface area contributed by atoms with Crippen LogP contribution in [0.3, 0.4) is 0 Å². The summed E-state index contributed by atoms with van der Waals surface area (Å²) >= 11 is 1.52. The van der Waals surface area contributed by atoms with Gasteiger partial charge in [0, 0.05) is 0 Å². The lowest BCUT2D eigenvalue weighted by Gasteiger charge is -1.96. The molecule has 1 aromatic rings. The number of fused-ring (bicyclic) bond motifs is 1. The molecule has 3 rings (SSSR count). The van der Waals surface area contributed by atoms with E-state index in [1.807, 2.05) is 35.6 Å². The van der Waals surface area contributed by atoms with E-state index in [-0.39, 0.29) is 39.8 Å². The number of benzene rings is 1. The van der Waals surface area contributed by atoms with Crippen molar-refractivity contribution in [1.29, 1.82) is 0 Å². The normalized spacial score (nSPS) is 29.5. The number of sulfone groups is 1. The van der Waals surface area contributed by atoms with Crippen molar-refractivity contribution >= 4 is 33.0 Å². The molecule has 2 unspecified atom stereocenters. The van der Waals surface area contributed by atoms with Crippen LogP contribution in [0.1, 0.15) is 5.56 Å². The third kappa shape index (κ3) is 3.69. The molecule has 0 radical (unpaired) electrons. The number of nitrogens with two attached hydrogens (primary N) is 1. The number of thioether (sulfide) groups is 1. The van der Waals surface area contributed by atoms with Crippen LogP contribution in [0.25, 0.3) is 0 Å². The molecule has 2 aliphatic heterocycles. The molecular formula is C12H14BrN3O2S2. The maximum Gasteiger partial charge on any atom is 0.280 e. The average molecular weight is 376 g/mol. The minimum Gasteiger partial charge on any atom is -1.00 e. The number of nitrogens with zero attached hydrogens (tertiary/aromatic N) is 2. The first kappa shape index (κ1) is 15.7. The van der Waals surface area contributed by atoms with Gasteiger partial charge in [0.25, 0.3) is 5.17 Å². The van der Waals surface area contributed by atoms with Gasteiger partial charge in [-0.15, -0.1) is 0 Å². The second-order valence-electron chi connectivity index (χ2n) is 4.66. The zero-order valence-corrected chi connectivity index (χ0v) is 13.7. The van der Waals surface area contributed by atoms with Gasteiger partial charge < -0.3 is 17.0 Å². The highest BCUT2D eigenvalue weighted by molar-refractivity contribution is 8.15. The fourth-order valence-electron chi connectivity index (χ4n) is 2.25. The molecule has 2 saturated heterocycles. The maximum atomic E-state index is 11.4. The Balaban J connectivity index is 0.00000147. The first-order valence-electron chi connectivity index (χ1n) is 6.00. The van der Waals surface area contributed by atoms with E-state index in [2.05, 4.69) is 10.2 Å². The van der Waals surface area contributed by atoms with Crippen molar-refractivity contribution in [3.63, 3.8) is 0 Å². The molecule has 108 valence electrons. The first-order valence-corrected chi connectivity index (χ1v) is 8.70. The predicted molar refractivity (Wildman–Crippen MR) is 77.2 cm³/mol. The highest BCUT2D eigenvalue weighted by Gasteiger charge is 2.47. The molecule has 0 spiro atoms. The Morgan fingerprint density at radius 3 is 2.70 bits per heavy atom. The van der Waals surface area contributed by atoms with Gasteiger partial charge >= 0.3 is 0 Å². The van der Waals surface area contributed by atoms with E-state index in [9.17, 15) is 8.42 Å². The second kappa shape index (κ2) is 6.38. The van der Waals surface area contributed by atoms with E-state index in [1.165, 1.54) is 11.8 Å². The number of halogens is 1. The molecule has 0 bridgehead atoms. The summed E-state index contributed by atoms with van der Waals surface area (Å²) in [5.41, 5.74) is 0.998.